The van der Waals surface area contributed by atoms with Crippen LogP contribution in [0.3, 0.4) is 0 Å². The number of carbonyl (C=O) groups is 3. The molecule has 0 aliphatic heterocycles. The highest BCUT2D eigenvalue weighted by atomic mass is 32.2. The summed E-state index contributed by atoms with van der Waals surface area (Å²) < 4.78 is 45.7. The summed E-state index contributed by atoms with van der Waals surface area (Å²) in [7, 11) is -2.88. The fourth-order valence-corrected chi connectivity index (χ4v) is 4.51. The Kier molecular flexibility index (Phi) is 12.6. The number of nitrogens with one attached hydrogen (secondary N) is 1. The van der Waals surface area contributed by atoms with E-state index in [0.717, 1.165) is 5.56 Å². The van der Waals surface area contributed by atoms with Crippen LogP contribution in [-0.4, -0.2) is 64.8 Å². The molecule has 1 N–H and O–H groups in total. The van der Waals surface area contributed by atoms with Crippen molar-refractivity contribution in [3.63, 3.8) is 0 Å². The number of hydrogen-bond acceptors (Lipinski definition) is 10. The quantitative estimate of drug-likeness (QED) is 0.107. The molecule has 0 spiro atoms. The van der Waals surface area contributed by atoms with Crippen molar-refractivity contribution < 1.29 is 41.2 Å². The Morgan fingerprint density at radius 2 is 1.66 bits per heavy atom. The molecule has 222 valence electrons. The van der Waals surface area contributed by atoms with E-state index in [4.69, 9.17) is 23.9 Å². The van der Waals surface area contributed by atoms with Crippen LogP contribution in [0.4, 0.5) is 0 Å². The number of carbonyl (C=O) groups excluding carboxylic acids is 3. The number of esters is 2. The molecule has 0 radical (unpaired) electrons. The lowest BCUT2D eigenvalue weighted by atomic mass is 10.0. The number of hydrogen-bond donors (Lipinski definition) is 1. The number of amides is 1. The summed E-state index contributed by atoms with van der Waals surface area (Å²) >= 11 is 0. The van der Waals surface area contributed by atoms with Gasteiger partial charge in [0.15, 0.2) is 6.10 Å². The lowest BCUT2D eigenvalue weighted by Crippen LogP contribution is -2.47. The van der Waals surface area contributed by atoms with Gasteiger partial charge in [0.25, 0.3) is 10.1 Å². The average Bonchev–Trinajstić information content (AvgIpc) is 2.92. The van der Waals surface area contributed by atoms with Crippen molar-refractivity contribution in [1.29, 1.82) is 0 Å². The SMILES string of the molecule is COC(=O)[C@H](Cc1ccc(OCC(COS(=O)(=O)c2ccc(C)cc2)OC(C)=O)cc1)NC(=O)[C@@H](N=[N+]=[N-])C(C)C. The number of azide groups is 1. The predicted octanol–water partition coefficient (Wildman–Crippen LogP) is 3.25. The zero-order valence-electron chi connectivity index (χ0n) is 23.5. The molecule has 0 saturated carbocycles. The Morgan fingerprint density at radius 3 is 2.20 bits per heavy atom. The van der Waals surface area contributed by atoms with Crippen LogP contribution in [0.15, 0.2) is 58.5 Å². The summed E-state index contributed by atoms with van der Waals surface area (Å²) in [6, 6.07) is 10.6. The monoisotopic (exact) mass is 590 g/mol. The number of methoxy groups -OCH3 is 1. The van der Waals surface area contributed by atoms with Gasteiger partial charge in [0.2, 0.25) is 5.91 Å². The molecule has 0 fully saturated rings. The maximum Gasteiger partial charge on any atom is 0.328 e. The van der Waals surface area contributed by atoms with Gasteiger partial charge in [0.05, 0.1) is 12.0 Å². The highest BCUT2D eigenvalue weighted by molar-refractivity contribution is 7.86. The van der Waals surface area contributed by atoms with E-state index in [9.17, 15) is 22.8 Å². The second-order valence-corrected chi connectivity index (χ2v) is 11.0. The van der Waals surface area contributed by atoms with Crippen molar-refractivity contribution in [2.75, 3.05) is 20.3 Å². The van der Waals surface area contributed by atoms with Gasteiger partial charge in [-0.25, -0.2) is 4.79 Å². The van der Waals surface area contributed by atoms with Gasteiger partial charge < -0.3 is 19.5 Å². The van der Waals surface area contributed by atoms with Gasteiger partial charge in [-0.3, -0.25) is 13.8 Å². The molecular weight excluding hydrogens is 556 g/mol. The molecule has 2 rings (SSSR count). The Hall–Kier alpha value is -4.13. The highest BCUT2D eigenvalue weighted by Crippen LogP contribution is 2.17. The maximum absolute atomic E-state index is 12.6. The van der Waals surface area contributed by atoms with Crippen molar-refractivity contribution in [1.82, 2.24) is 5.32 Å². The zero-order chi connectivity index (χ0) is 30.6. The van der Waals surface area contributed by atoms with Crippen LogP contribution in [0.2, 0.25) is 0 Å². The third-order valence-electron chi connectivity index (χ3n) is 5.73. The van der Waals surface area contributed by atoms with E-state index in [1.54, 1.807) is 50.2 Å². The topological polar surface area (TPSA) is 183 Å². The molecule has 2 aromatic rings. The maximum atomic E-state index is 12.6. The van der Waals surface area contributed by atoms with Crippen LogP contribution in [0, 0.1) is 12.8 Å². The lowest BCUT2D eigenvalue weighted by molar-refractivity contribution is -0.149. The number of ether oxygens (including phenoxy) is 3. The molecule has 13 nitrogen and oxygen atoms in total. The zero-order valence-corrected chi connectivity index (χ0v) is 24.3. The first-order valence-electron chi connectivity index (χ1n) is 12.6. The molecule has 0 bridgehead atoms. The standard InChI is InChI=1S/C27H34N4O9S/c1-17(2)25(30-31-28)26(33)29-24(27(34)37-5)14-20-8-10-21(11-9-20)38-15-22(40-19(4)32)16-39-41(35,36)23-12-6-18(3)7-13-23/h6-13,17,22,24-25H,14-16H2,1-5H3,(H,29,33)/t22?,24-,25-/m0/s1. The van der Waals surface area contributed by atoms with Crippen LogP contribution in [-0.2, 0) is 44.6 Å². The van der Waals surface area contributed by atoms with Crippen molar-refractivity contribution >= 4 is 28.0 Å². The fraction of sp³-hybridized carbons (Fsp3) is 0.444. The Balaban J connectivity index is 2.03. The minimum Gasteiger partial charge on any atom is -0.490 e. The van der Waals surface area contributed by atoms with E-state index in [2.05, 4.69) is 15.3 Å². The van der Waals surface area contributed by atoms with Gasteiger partial charge in [-0.2, -0.15) is 8.42 Å². The Morgan fingerprint density at radius 1 is 1.02 bits per heavy atom. The third kappa shape index (κ3) is 10.7. The molecule has 14 heteroatoms. The number of nitrogens with zero attached hydrogens (tertiary/aromatic N) is 3. The molecular formula is C27H34N4O9S. The second-order valence-electron chi connectivity index (χ2n) is 9.42. The summed E-state index contributed by atoms with van der Waals surface area (Å²) in [5.41, 5.74) is 10.3. The predicted molar refractivity (Wildman–Crippen MR) is 147 cm³/mol. The molecule has 2 aromatic carbocycles. The summed E-state index contributed by atoms with van der Waals surface area (Å²) in [4.78, 5) is 39.1. The van der Waals surface area contributed by atoms with E-state index in [0.29, 0.717) is 11.3 Å². The molecule has 0 aromatic heterocycles. The minimum atomic E-state index is -4.08. The normalized spacial score (nSPS) is 13.3. The first-order valence-corrected chi connectivity index (χ1v) is 14.0. The van der Waals surface area contributed by atoms with Crippen LogP contribution >= 0.6 is 0 Å². The number of aryl methyl sites for hydroxylation is 1. The minimum absolute atomic E-state index is 0.0276. The molecule has 41 heavy (non-hydrogen) atoms. The second kappa shape index (κ2) is 15.6. The van der Waals surface area contributed by atoms with Gasteiger partial charge >= 0.3 is 11.9 Å². The Labute approximate surface area is 238 Å². The highest BCUT2D eigenvalue weighted by Gasteiger charge is 2.28. The van der Waals surface area contributed by atoms with Crippen LogP contribution in [0.25, 0.3) is 10.4 Å². The van der Waals surface area contributed by atoms with E-state index in [1.165, 1.54) is 26.2 Å². The molecule has 0 saturated heterocycles. The summed E-state index contributed by atoms with van der Waals surface area (Å²) in [6.45, 7) is 5.78. The summed E-state index contributed by atoms with van der Waals surface area (Å²) in [5, 5.41) is 6.08. The smallest absolute Gasteiger partial charge is 0.328 e. The summed E-state index contributed by atoms with van der Waals surface area (Å²) in [6.07, 6.45) is -0.933. The van der Waals surface area contributed by atoms with E-state index in [1.807, 2.05) is 6.92 Å². The fourth-order valence-electron chi connectivity index (χ4n) is 3.57. The van der Waals surface area contributed by atoms with Crippen molar-refractivity contribution in [2.24, 2.45) is 11.0 Å². The van der Waals surface area contributed by atoms with Gasteiger partial charge in [0.1, 0.15) is 31.0 Å². The van der Waals surface area contributed by atoms with Crippen LogP contribution in [0.1, 0.15) is 31.9 Å². The molecule has 0 heterocycles. The van der Waals surface area contributed by atoms with E-state index in [-0.39, 0.29) is 23.8 Å². The van der Waals surface area contributed by atoms with E-state index >= 15 is 0 Å². The van der Waals surface area contributed by atoms with Crippen molar-refractivity contribution in [3.8, 4) is 5.75 Å². The lowest BCUT2D eigenvalue weighted by Gasteiger charge is -2.21. The van der Waals surface area contributed by atoms with Crippen LogP contribution in [0.5, 0.6) is 5.75 Å². The molecule has 1 unspecified atom stereocenters. The molecule has 1 amide bonds. The van der Waals surface area contributed by atoms with Gasteiger partial charge in [-0.15, -0.1) is 0 Å². The van der Waals surface area contributed by atoms with Gasteiger partial charge in [-0.05, 0) is 48.2 Å². The van der Waals surface area contributed by atoms with Crippen molar-refractivity contribution in [2.45, 2.75) is 57.2 Å². The van der Waals surface area contributed by atoms with Gasteiger partial charge in [0, 0.05) is 18.3 Å². The van der Waals surface area contributed by atoms with Crippen molar-refractivity contribution in [3.05, 3.63) is 70.1 Å². The molecule has 0 aliphatic carbocycles. The number of rotatable bonds is 15. The van der Waals surface area contributed by atoms with E-state index < -0.39 is 52.8 Å². The molecule has 3 atom stereocenters. The van der Waals surface area contributed by atoms with Gasteiger partial charge in [-0.1, -0.05) is 48.8 Å². The Bertz CT molecular complexity index is 1340. The number of benzene rings is 2. The average molecular weight is 591 g/mol. The third-order valence-corrected chi connectivity index (χ3v) is 7.02. The summed E-state index contributed by atoms with van der Waals surface area (Å²) in [5.74, 6) is -1.83. The largest absolute Gasteiger partial charge is 0.490 e. The molecule has 0 aliphatic rings. The first-order chi connectivity index (χ1) is 19.4. The first kappa shape index (κ1) is 33.1. The van der Waals surface area contributed by atoms with Crippen LogP contribution < -0.4 is 10.1 Å².